The van der Waals surface area contributed by atoms with E-state index in [-0.39, 0.29) is 12.2 Å². The Morgan fingerprint density at radius 2 is 1.00 bits per heavy atom. The summed E-state index contributed by atoms with van der Waals surface area (Å²) in [5, 5.41) is 10.8. The van der Waals surface area contributed by atoms with Gasteiger partial charge in [0.2, 0.25) is 0 Å². The van der Waals surface area contributed by atoms with Crippen molar-refractivity contribution in [1.82, 2.24) is 0 Å². The maximum Gasteiger partial charge on any atom is 0.184 e. The number of aliphatic hydroxyl groups is 1. The minimum atomic E-state index is -1.10. The molecule has 3 aromatic rings. The van der Waals surface area contributed by atoms with Crippen molar-refractivity contribution in [2.75, 3.05) is 0 Å². The molecule has 0 bridgehead atoms. The Kier molecular flexibility index (Phi) is 8.64. The Bertz CT molecular complexity index is 934. The molecule has 5 atom stereocenters. The summed E-state index contributed by atoms with van der Waals surface area (Å²) >= 11 is 0. The molecule has 1 heterocycles. The van der Waals surface area contributed by atoms with Crippen molar-refractivity contribution in [3.8, 4) is 0 Å². The molecule has 1 saturated heterocycles. The molecule has 0 spiro atoms. The van der Waals surface area contributed by atoms with Crippen LogP contribution in [-0.2, 0) is 38.8 Å². The highest BCUT2D eigenvalue weighted by Gasteiger charge is 2.47. The Labute approximate surface area is 195 Å². The van der Waals surface area contributed by atoms with Crippen LogP contribution in [0.25, 0.3) is 0 Å². The first kappa shape index (κ1) is 23.6. The molecular weight excluding hydrogens is 416 g/mol. The third-order valence-corrected chi connectivity index (χ3v) is 5.87. The monoisotopic (exact) mass is 448 g/mol. The second kappa shape index (κ2) is 12.1. The highest BCUT2D eigenvalue weighted by Crippen LogP contribution is 2.30. The zero-order valence-corrected chi connectivity index (χ0v) is 19.0. The third kappa shape index (κ3) is 6.50. The van der Waals surface area contributed by atoms with Crippen molar-refractivity contribution in [1.29, 1.82) is 0 Å². The average Bonchev–Trinajstić information content (AvgIpc) is 2.87. The molecule has 3 aromatic carbocycles. The summed E-state index contributed by atoms with van der Waals surface area (Å²) in [7, 11) is 0. The molecule has 5 nitrogen and oxygen atoms in total. The standard InChI is InChI=1S/C28H32O5/c1-2-24-25(30-18-21-12-6-3-7-13-21)26(31-19-22-14-8-4-9-15-22)27(28(29)33-24)32-20-23-16-10-5-11-17-23/h3-17,24-29H,2,18-20H2,1H3/t24?,25-,26-,27?,28?/m1/s1. The molecule has 0 radical (unpaired) electrons. The topological polar surface area (TPSA) is 57.2 Å². The fourth-order valence-corrected chi connectivity index (χ4v) is 4.09. The maximum absolute atomic E-state index is 10.8. The quantitative estimate of drug-likeness (QED) is 0.480. The molecule has 4 rings (SSSR count). The van der Waals surface area contributed by atoms with Gasteiger partial charge in [0, 0.05) is 0 Å². The molecule has 0 aliphatic carbocycles. The molecule has 33 heavy (non-hydrogen) atoms. The molecule has 0 aromatic heterocycles. The van der Waals surface area contributed by atoms with E-state index in [1.165, 1.54) is 0 Å². The van der Waals surface area contributed by atoms with Gasteiger partial charge in [-0.05, 0) is 23.1 Å². The highest BCUT2D eigenvalue weighted by molar-refractivity contribution is 5.15. The number of rotatable bonds is 10. The number of aliphatic hydroxyl groups excluding tert-OH is 1. The summed E-state index contributed by atoms with van der Waals surface area (Å²) in [4.78, 5) is 0. The maximum atomic E-state index is 10.8. The van der Waals surface area contributed by atoms with Crippen LogP contribution < -0.4 is 0 Å². The van der Waals surface area contributed by atoms with Gasteiger partial charge in [0.1, 0.15) is 18.3 Å². The Hall–Kier alpha value is -2.54. The van der Waals surface area contributed by atoms with Crippen molar-refractivity contribution in [2.45, 2.75) is 63.9 Å². The van der Waals surface area contributed by atoms with E-state index in [0.717, 1.165) is 16.7 Å². The first-order chi connectivity index (χ1) is 16.2. The second-order valence-electron chi connectivity index (χ2n) is 8.26. The molecule has 5 heteroatoms. The largest absolute Gasteiger partial charge is 0.368 e. The van der Waals surface area contributed by atoms with Crippen LogP contribution in [0, 0.1) is 0 Å². The molecule has 174 valence electrons. The van der Waals surface area contributed by atoms with Crippen LogP contribution in [0.4, 0.5) is 0 Å². The molecule has 1 aliphatic rings. The summed E-state index contributed by atoms with van der Waals surface area (Å²) in [6.45, 7) is 3.19. The number of hydrogen-bond donors (Lipinski definition) is 1. The van der Waals surface area contributed by atoms with E-state index in [9.17, 15) is 5.11 Å². The van der Waals surface area contributed by atoms with Gasteiger partial charge in [-0.25, -0.2) is 0 Å². The van der Waals surface area contributed by atoms with E-state index in [1.54, 1.807) is 0 Å². The van der Waals surface area contributed by atoms with Crippen LogP contribution in [0.3, 0.4) is 0 Å². The van der Waals surface area contributed by atoms with Crippen molar-refractivity contribution >= 4 is 0 Å². The van der Waals surface area contributed by atoms with Gasteiger partial charge in [-0.2, -0.15) is 0 Å². The molecule has 1 N–H and O–H groups in total. The SMILES string of the molecule is CCC1OC(O)C(OCc2ccccc2)[C@H](OCc2ccccc2)[C@@H]1OCc1ccccc1. The van der Waals surface area contributed by atoms with Crippen LogP contribution >= 0.6 is 0 Å². The average molecular weight is 449 g/mol. The number of benzene rings is 3. The van der Waals surface area contributed by atoms with Gasteiger partial charge in [0.25, 0.3) is 0 Å². The fourth-order valence-electron chi connectivity index (χ4n) is 4.09. The summed E-state index contributed by atoms with van der Waals surface area (Å²) in [6.07, 6.45) is -2.28. The van der Waals surface area contributed by atoms with Crippen molar-refractivity contribution in [2.24, 2.45) is 0 Å². The lowest BCUT2D eigenvalue weighted by molar-refractivity contribution is -0.311. The van der Waals surface area contributed by atoms with Gasteiger partial charge in [-0.1, -0.05) is 97.9 Å². The van der Waals surface area contributed by atoms with E-state index in [4.69, 9.17) is 18.9 Å². The zero-order chi connectivity index (χ0) is 22.9. The molecule has 1 fully saturated rings. The Balaban J connectivity index is 1.53. The summed E-state index contributed by atoms with van der Waals surface area (Å²) in [6, 6.07) is 29.9. The third-order valence-electron chi connectivity index (χ3n) is 5.87. The van der Waals surface area contributed by atoms with Crippen LogP contribution in [0.5, 0.6) is 0 Å². The first-order valence-electron chi connectivity index (χ1n) is 11.5. The molecule has 0 amide bonds. The van der Waals surface area contributed by atoms with Crippen molar-refractivity contribution in [3.63, 3.8) is 0 Å². The van der Waals surface area contributed by atoms with Gasteiger partial charge >= 0.3 is 0 Å². The van der Waals surface area contributed by atoms with Crippen LogP contribution in [0.15, 0.2) is 91.0 Å². The number of hydrogen-bond acceptors (Lipinski definition) is 5. The lowest BCUT2D eigenvalue weighted by Gasteiger charge is -2.44. The van der Waals surface area contributed by atoms with Gasteiger partial charge < -0.3 is 24.1 Å². The highest BCUT2D eigenvalue weighted by atomic mass is 16.7. The second-order valence-corrected chi connectivity index (χ2v) is 8.26. The molecule has 1 aliphatic heterocycles. The predicted octanol–water partition coefficient (Wildman–Crippen LogP) is 4.87. The van der Waals surface area contributed by atoms with Crippen molar-refractivity contribution < 1.29 is 24.1 Å². The molecule has 0 saturated carbocycles. The first-order valence-corrected chi connectivity index (χ1v) is 11.5. The normalized spacial score (nSPS) is 25.1. The van der Waals surface area contributed by atoms with Gasteiger partial charge in [0.15, 0.2) is 6.29 Å². The minimum Gasteiger partial charge on any atom is -0.368 e. The minimum absolute atomic E-state index is 0.305. The fraction of sp³-hybridized carbons (Fsp3) is 0.357. The number of ether oxygens (including phenoxy) is 4. The lowest BCUT2D eigenvalue weighted by atomic mass is 9.96. The summed E-state index contributed by atoms with van der Waals surface area (Å²) < 4.78 is 24.9. The molecular formula is C28H32O5. The summed E-state index contributed by atoms with van der Waals surface area (Å²) in [5.74, 6) is 0. The Morgan fingerprint density at radius 3 is 1.42 bits per heavy atom. The zero-order valence-electron chi connectivity index (χ0n) is 19.0. The summed E-state index contributed by atoms with van der Waals surface area (Å²) in [5.41, 5.74) is 3.14. The van der Waals surface area contributed by atoms with Gasteiger partial charge in [-0.15, -0.1) is 0 Å². The van der Waals surface area contributed by atoms with Crippen LogP contribution in [0.1, 0.15) is 30.0 Å². The lowest BCUT2D eigenvalue weighted by Crippen LogP contribution is -2.59. The van der Waals surface area contributed by atoms with Gasteiger partial charge in [-0.3, -0.25) is 0 Å². The van der Waals surface area contributed by atoms with E-state index in [0.29, 0.717) is 26.2 Å². The van der Waals surface area contributed by atoms with E-state index < -0.39 is 18.5 Å². The van der Waals surface area contributed by atoms with E-state index in [1.807, 2.05) is 97.9 Å². The molecule has 3 unspecified atom stereocenters. The van der Waals surface area contributed by atoms with E-state index >= 15 is 0 Å². The van der Waals surface area contributed by atoms with Crippen LogP contribution in [-0.4, -0.2) is 35.8 Å². The van der Waals surface area contributed by atoms with Crippen molar-refractivity contribution in [3.05, 3.63) is 108 Å². The predicted molar refractivity (Wildman–Crippen MR) is 126 cm³/mol. The van der Waals surface area contributed by atoms with Crippen LogP contribution in [0.2, 0.25) is 0 Å². The van der Waals surface area contributed by atoms with Gasteiger partial charge in [0.05, 0.1) is 25.9 Å². The Morgan fingerprint density at radius 1 is 0.606 bits per heavy atom. The smallest absolute Gasteiger partial charge is 0.184 e. The van der Waals surface area contributed by atoms with E-state index in [2.05, 4.69) is 0 Å².